The molecule has 0 aliphatic carbocycles. The van der Waals surface area contributed by atoms with E-state index in [4.69, 9.17) is 5.73 Å². The number of nitrogens with zero attached hydrogens (tertiary/aromatic N) is 1. The molecule has 0 radical (unpaired) electrons. The molecule has 132 valence electrons. The monoisotopic (exact) mass is 348 g/mol. The zero-order valence-electron chi connectivity index (χ0n) is 14.6. The maximum Gasteiger partial charge on any atom is 0.267 e. The molecule has 6 nitrogen and oxygen atoms in total. The molecular weight excluding hydrogens is 328 g/mol. The number of nitrogens with two attached hydrogens (primary N) is 1. The number of hydrogen-bond acceptors (Lipinski definition) is 3. The van der Waals surface area contributed by atoms with E-state index in [0.29, 0.717) is 5.56 Å². The van der Waals surface area contributed by atoms with E-state index in [-0.39, 0.29) is 11.6 Å². The molecular formula is C20H20N4O2. The maximum atomic E-state index is 12.3. The van der Waals surface area contributed by atoms with E-state index in [2.05, 4.69) is 15.3 Å². The van der Waals surface area contributed by atoms with E-state index in [9.17, 15) is 9.59 Å². The highest BCUT2D eigenvalue weighted by Crippen LogP contribution is 2.24. The highest BCUT2D eigenvalue weighted by Gasteiger charge is 2.23. The summed E-state index contributed by atoms with van der Waals surface area (Å²) in [6.45, 7) is 3.87. The molecule has 0 unspecified atom stereocenters. The van der Waals surface area contributed by atoms with Gasteiger partial charge in [0.2, 0.25) is 5.91 Å². The number of amides is 2. The Morgan fingerprint density at radius 3 is 2.62 bits per heavy atom. The predicted octanol–water partition coefficient (Wildman–Crippen LogP) is 2.73. The van der Waals surface area contributed by atoms with Crippen LogP contribution >= 0.6 is 0 Å². The summed E-state index contributed by atoms with van der Waals surface area (Å²) in [6, 6.07) is 13.2. The van der Waals surface area contributed by atoms with Crippen molar-refractivity contribution >= 4 is 28.8 Å². The average molecular weight is 348 g/mol. The molecule has 1 aromatic carbocycles. The van der Waals surface area contributed by atoms with Crippen molar-refractivity contribution in [2.24, 2.45) is 5.73 Å². The van der Waals surface area contributed by atoms with Crippen LogP contribution in [-0.2, 0) is 10.3 Å². The lowest BCUT2D eigenvalue weighted by Crippen LogP contribution is -2.40. The van der Waals surface area contributed by atoms with Crippen molar-refractivity contribution in [3.05, 3.63) is 71.7 Å². The van der Waals surface area contributed by atoms with Crippen LogP contribution in [0, 0.1) is 0 Å². The number of primary amides is 1. The van der Waals surface area contributed by atoms with Gasteiger partial charge in [0, 0.05) is 23.5 Å². The second-order valence-electron chi connectivity index (χ2n) is 6.56. The lowest BCUT2D eigenvalue weighted by atomic mass is 10.0. The van der Waals surface area contributed by atoms with Gasteiger partial charge in [0.15, 0.2) is 0 Å². The highest BCUT2D eigenvalue weighted by atomic mass is 16.2. The lowest BCUT2D eigenvalue weighted by Gasteiger charge is -2.24. The second-order valence-corrected chi connectivity index (χ2v) is 6.56. The van der Waals surface area contributed by atoms with Crippen molar-refractivity contribution in [3.63, 3.8) is 0 Å². The van der Waals surface area contributed by atoms with Gasteiger partial charge in [0.05, 0.1) is 5.54 Å². The van der Waals surface area contributed by atoms with Gasteiger partial charge < -0.3 is 16.0 Å². The topological polar surface area (TPSA) is 101 Å². The van der Waals surface area contributed by atoms with Crippen LogP contribution in [0.2, 0.25) is 0 Å². The minimum atomic E-state index is -0.585. The number of H-pyrrole nitrogens is 1. The first-order chi connectivity index (χ1) is 12.3. The molecule has 0 fully saturated rings. The van der Waals surface area contributed by atoms with Gasteiger partial charge in [-0.05, 0) is 49.1 Å². The number of hydrogen-bond donors (Lipinski definition) is 3. The van der Waals surface area contributed by atoms with E-state index in [0.717, 1.165) is 16.6 Å². The minimum Gasteiger partial charge on any atom is -0.364 e. The third kappa shape index (κ3) is 3.80. The van der Waals surface area contributed by atoms with E-state index < -0.39 is 11.4 Å². The van der Waals surface area contributed by atoms with Crippen molar-refractivity contribution in [1.82, 2.24) is 15.3 Å². The van der Waals surface area contributed by atoms with Crippen molar-refractivity contribution < 1.29 is 9.59 Å². The normalized spacial score (nSPS) is 11.8. The number of para-hydroxylation sites is 1. The molecule has 0 aliphatic heterocycles. The summed E-state index contributed by atoms with van der Waals surface area (Å²) in [5.41, 5.74) is 7.43. The van der Waals surface area contributed by atoms with Crippen molar-refractivity contribution in [2.45, 2.75) is 19.4 Å². The molecule has 4 N–H and O–H groups in total. The largest absolute Gasteiger partial charge is 0.364 e. The number of benzene rings is 1. The Hall–Kier alpha value is -3.41. The summed E-state index contributed by atoms with van der Waals surface area (Å²) in [5.74, 6) is -0.814. The van der Waals surface area contributed by atoms with Gasteiger partial charge in [-0.1, -0.05) is 24.3 Å². The Morgan fingerprint density at radius 1 is 1.19 bits per heavy atom. The van der Waals surface area contributed by atoms with E-state index in [1.165, 1.54) is 18.3 Å². The van der Waals surface area contributed by atoms with E-state index in [1.54, 1.807) is 12.1 Å². The Bertz CT molecular complexity index is 951. The van der Waals surface area contributed by atoms with Crippen LogP contribution in [0.4, 0.5) is 0 Å². The number of aromatic amines is 1. The second kappa shape index (κ2) is 6.84. The van der Waals surface area contributed by atoms with Crippen LogP contribution in [0.5, 0.6) is 0 Å². The Kier molecular flexibility index (Phi) is 4.58. The van der Waals surface area contributed by atoms with Crippen LogP contribution in [0.25, 0.3) is 17.0 Å². The number of pyridine rings is 1. The molecule has 26 heavy (non-hydrogen) atoms. The molecule has 2 heterocycles. The number of aromatic nitrogens is 2. The van der Waals surface area contributed by atoms with Crippen molar-refractivity contribution in [2.75, 3.05) is 0 Å². The standard InChI is InChI=1S/C20H20N4O2/c1-20(2,17-11-14-5-3-4-6-15(14)23-17)24-18(25)10-8-13-7-9-16(19(21)26)22-12-13/h3-12,23H,1-2H3,(H2,21,26)(H,24,25). The molecule has 0 saturated heterocycles. The Balaban J connectivity index is 1.70. The summed E-state index contributed by atoms with van der Waals surface area (Å²) in [4.78, 5) is 30.6. The third-order valence-electron chi connectivity index (χ3n) is 4.10. The zero-order chi connectivity index (χ0) is 18.7. The van der Waals surface area contributed by atoms with Gasteiger partial charge in [-0.3, -0.25) is 14.6 Å². The molecule has 0 aliphatic rings. The Morgan fingerprint density at radius 2 is 1.96 bits per heavy atom. The van der Waals surface area contributed by atoms with Crippen molar-refractivity contribution in [1.29, 1.82) is 0 Å². The van der Waals surface area contributed by atoms with Gasteiger partial charge in [-0.15, -0.1) is 0 Å². The molecule has 3 rings (SSSR count). The molecule has 0 saturated carbocycles. The van der Waals surface area contributed by atoms with Crippen molar-refractivity contribution in [3.8, 4) is 0 Å². The quantitative estimate of drug-likeness (QED) is 0.618. The first-order valence-corrected chi connectivity index (χ1v) is 8.19. The summed E-state index contributed by atoms with van der Waals surface area (Å²) >= 11 is 0. The lowest BCUT2D eigenvalue weighted by molar-refractivity contribution is -0.118. The third-order valence-corrected chi connectivity index (χ3v) is 4.10. The number of fused-ring (bicyclic) bond motifs is 1. The fourth-order valence-electron chi connectivity index (χ4n) is 2.65. The molecule has 2 aromatic heterocycles. The van der Waals surface area contributed by atoms with E-state index in [1.807, 2.05) is 44.2 Å². The van der Waals surface area contributed by atoms with Crippen LogP contribution < -0.4 is 11.1 Å². The number of nitrogens with one attached hydrogen (secondary N) is 2. The van der Waals surface area contributed by atoms with Gasteiger partial charge in [0.25, 0.3) is 5.91 Å². The SMILES string of the molecule is CC(C)(NC(=O)C=Cc1ccc(C(N)=O)nc1)c1cc2ccccc2[nH]1. The highest BCUT2D eigenvalue weighted by molar-refractivity contribution is 5.93. The molecule has 2 amide bonds. The summed E-state index contributed by atoms with van der Waals surface area (Å²) in [7, 11) is 0. The fourth-order valence-corrected chi connectivity index (χ4v) is 2.65. The van der Waals surface area contributed by atoms with Gasteiger partial charge >= 0.3 is 0 Å². The first-order valence-electron chi connectivity index (χ1n) is 8.19. The van der Waals surface area contributed by atoms with E-state index >= 15 is 0 Å². The maximum absolute atomic E-state index is 12.3. The molecule has 0 bridgehead atoms. The van der Waals surface area contributed by atoms with Crippen LogP contribution in [0.15, 0.2) is 54.7 Å². The predicted molar refractivity (Wildman–Crippen MR) is 101 cm³/mol. The smallest absolute Gasteiger partial charge is 0.267 e. The number of rotatable bonds is 5. The minimum absolute atomic E-state index is 0.187. The van der Waals surface area contributed by atoms with Gasteiger partial charge in [0.1, 0.15) is 5.69 Å². The van der Waals surface area contributed by atoms with Crippen LogP contribution in [-0.4, -0.2) is 21.8 Å². The number of carbonyl (C=O) groups is 2. The number of carbonyl (C=O) groups excluding carboxylic acids is 2. The average Bonchev–Trinajstić information content (AvgIpc) is 3.05. The van der Waals surface area contributed by atoms with Gasteiger partial charge in [-0.25, -0.2) is 0 Å². The van der Waals surface area contributed by atoms with Crippen LogP contribution in [0.1, 0.15) is 35.6 Å². The fraction of sp³-hybridized carbons (Fsp3) is 0.150. The molecule has 3 aromatic rings. The zero-order valence-corrected chi connectivity index (χ0v) is 14.6. The molecule has 0 spiro atoms. The van der Waals surface area contributed by atoms with Gasteiger partial charge in [-0.2, -0.15) is 0 Å². The summed E-state index contributed by atoms with van der Waals surface area (Å²) < 4.78 is 0. The van der Waals surface area contributed by atoms with Crippen LogP contribution in [0.3, 0.4) is 0 Å². The first kappa shape index (κ1) is 17.4. The summed E-state index contributed by atoms with van der Waals surface area (Å²) in [5, 5.41) is 4.08. The molecule has 0 atom stereocenters. The Labute approximate surface area is 151 Å². The molecule has 6 heteroatoms. The summed E-state index contributed by atoms with van der Waals surface area (Å²) in [6.07, 6.45) is 4.56.